The van der Waals surface area contributed by atoms with Crippen molar-refractivity contribution in [1.82, 2.24) is 9.78 Å². The predicted molar refractivity (Wildman–Crippen MR) is 98.0 cm³/mol. The number of sulfone groups is 1. The molecule has 140 valence electrons. The van der Waals surface area contributed by atoms with E-state index in [1.165, 1.54) is 41.1 Å². The maximum atomic E-state index is 13.3. The first-order valence-corrected chi connectivity index (χ1v) is 10.0. The molecule has 27 heavy (non-hydrogen) atoms. The molecule has 1 aromatic heterocycles. The third kappa shape index (κ3) is 4.06. The molecule has 3 aromatic rings. The standard InChI is InChI=1S/C19H17FN2O4S/c1-3-26-19(23)17-12-18(13-4-10-16(11-5-13)27(2,24)25)22(21-17)15-8-6-14(20)7-9-15/h4-12H,3H2,1-2H3. The molecule has 6 nitrogen and oxygen atoms in total. The summed E-state index contributed by atoms with van der Waals surface area (Å²) in [5, 5.41) is 4.28. The third-order valence-corrected chi connectivity index (χ3v) is 4.97. The number of benzene rings is 2. The Balaban J connectivity index is 2.12. The fourth-order valence-corrected chi connectivity index (χ4v) is 3.17. The van der Waals surface area contributed by atoms with Crippen LogP contribution >= 0.6 is 0 Å². The SMILES string of the molecule is CCOC(=O)c1cc(-c2ccc(S(C)(=O)=O)cc2)n(-c2ccc(F)cc2)n1. The van der Waals surface area contributed by atoms with Gasteiger partial charge in [-0.3, -0.25) is 0 Å². The van der Waals surface area contributed by atoms with Gasteiger partial charge in [0.15, 0.2) is 15.5 Å². The lowest BCUT2D eigenvalue weighted by Gasteiger charge is -2.08. The number of ether oxygens (including phenoxy) is 1. The summed E-state index contributed by atoms with van der Waals surface area (Å²) in [6.07, 6.45) is 1.13. The molecule has 0 amide bonds. The molecule has 0 atom stereocenters. The number of rotatable bonds is 5. The zero-order valence-corrected chi connectivity index (χ0v) is 15.5. The van der Waals surface area contributed by atoms with Crippen LogP contribution in [0.3, 0.4) is 0 Å². The van der Waals surface area contributed by atoms with Crippen LogP contribution in [0.15, 0.2) is 59.5 Å². The molecular formula is C19H17FN2O4S. The highest BCUT2D eigenvalue weighted by Gasteiger charge is 2.18. The lowest BCUT2D eigenvalue weighted by atomic mass is 10.1. The maximum absolute atomic E-state index is 13.3. The zero-order valence-electron chi connectivity index (χ0n) is 14.7. The summed E-state index contributed by atoms with van der Waals surface area (Å²) in [5.41, 5.74) is 1.84. The first kappa shape index (κ1) is 18.8. The molecule has 0 N–H and O–H groups in total. The van der Waals surface area contributed by atoms with Crippen molar-refractivity contribution in [2.75, 3.05) is 12.9 Å². The number of hydrogen-bond acceptors (Lipinski definition) is 5. The van der Waals surface area contributed by atoms with Crippen LogP contribution in [-0.4, -0.2) is 37.0 Å². The highest BCUT2D eigenvalue weighted by Crippen LogP contribution is 2.26. The molecule has 0 saturated heterocycles. The van der Waals surface area contributed by atoms with Crippen molar-refractivity contribution >= 4 is 15.8 Å². The quantitative estimate of drug-likeness (QED) is 0.627. The molecular weight excluding hydrogens is 371 g/mol. The van der Waals surface area contributed by atoms with Crippen molar-refractivity contribution < 1.29 is 22.3 Å². The van der Waals surface area contributed by atoms with Crippen LogP contribution in [0.25, 0.3) is 16.9 Å². The summed E-state index contributed by atoms with van der Waals surface area (Å²) in [7, 11) is -3.32. The first-order chi connectivity index (χ1) is 12.8. The van der Waals surface area contributed by atoms with Crippen LogP contribution in [0.5, 0.6) is 0 Å². The van der Waals surface area contributed by atoms with Gasteiger partial charge in [0.1, 0.15) is 5.82 Å². The summed E-state index contributed by atoms with van der Waals surface area (Å²) in [6.45, 7) is 1.90. The number of carbonyl (C=O) groups excluding carboxylic acids is 1. The van der Waals surface area contributed by atoms with E-state index in [0.717, 1.165) is 6.26 Å². The topological polar surface area (TPSA) is 78.3 Å². The van der Waals surface area contributed by atoms with Crippen LogP contribution in [0.2, 0.25) is 0 Å². The van der Waals surface area contributed by atoms with E-state index >= 15 is 0 Å². The summed E-state index contributed by atoms with van der Waals surface area (Å²) in [5.74, 6) is -0.969. The molecule has 0 aliphatic rings. The molecule has 8 heteroatoms. The number of carbonyl (C=O) groups is 1. The maximum Gasteiger partial charge on any atom is 0.358 e. The van der Waals surface area contributed by atoms with Crippen molar-refractivity contribution in [2.45, 2.75) is 11.8 Å². The Hall–Kier alpha value is -3.00. The summed E-state index contributed by atoms with van der Waals surface area (Å²) >= 11 is 0. The van der Waals surface area contributed by atoms with E-state index in [2.05, 4.69) is 5.10 Å². The van der Waals surface area contributed by atoms with Crippen LogP contribution in [0, 0.1) is 5.82 Å². The number of hydrogen-bond donors (Lipinski definition) is 0. The van der Waals surface area contributed by atoms with E-state index in [9.17, 15) is 17.6 Å². The predicted octanol–water partition coefficient (Wildman–Crippen LogP) is 3.26. The molecule has 0 spiro atoms. The average molecular weight is 388 g/mol. The van der Waals surface area contributed by atoms with Gasteiger partial charge in [0, 0.05) is 11.8 Å². The van der Waals surface area contributed by atoms with Gasteiger partial charge in [-0.05, 0) is 49.4 Å². The highest BCUT2D eigenvalue weighted by atomic mass is 32.2. The minimum absolute atomic E-state index is 0.100. The van der Waals surface area contributed by atoms with Crippen molar-refractivity contribution in [3.63, 3.8) is 0 Å². The molecule has 0 saturated carbocycles. The Morgan fingerprint density at radius 2 is 1.74 bits per heavy atom. The van der Waals surface area contributed by atoms with E-state index < -0.39 is 21.6 Å². The zero-order chi connectivity index (χ0) is 19.6. The number of nitrogens with zero attached hydrogens (tertiary/aromatic N) is 2. The minimum atomic E-state index is -3.32. The van der Waals surface area contributed by atoms with Gasteiger partial charge < -0.3 is 4.74 Å². The average Bonchev–Trinajstić information content (AvgIpc) is 3.07. The Morgan fingerprint density at radius 3 is 2.30 bits per heavy atom. The van der Waals surface area contributed by atoms with Gasteiger partial charge in [0.05, 0.1) is 22.9 Å². The third-order valence-electron chi connectivity index (χ3n) is 3.84. The van der Waals surface area contributed by atoms with Gasteiger partial charge >= 0.3 is 5.97 Å². The first-order valence-electron chi connectivity index (χ1n) is 8.13. The van der Waals surface area contributed by atoms with Gasteiger partial charge in [-0.2, -0.15) is 5.10 Å². The second kappa shape index (κ2) is 7.32. The largest absolute Gasteiger partial charge is 0.461 e. The monoisotopic (exact) mass is 388 g/mol. The van der Waals surface area contributed by atoms with Crippen molar-refractivity contribution in [2.24, 2.45) is 0 Å². The van der Waals surface area contributed by atoms with Crippen molar-refractivity contribution in [3.05, 3.63) is 66.1 Å². The normalized spacial score (nSPS) is 11.4. The molecule has 1 heterocycles. The van der Waals surface area contributed by atoms with E-state index in [0.29, 0.717) is 16.9 Å². The molecule has 3 rings (SSSR count). The van der Waals surface area contributed by atoms with Gasteiger partial charge in [0.2, 0.25) is 0 Å². The van der Waals surface area contributed by atoms with Gasteiger partial charge in [-0.15, -0.1) is 0 Å². The van der Waals surface area contributed by atoms with Crippen LogP contribution in [0.1, 0.15) is 17.4 Å². The molecule has 2 aromatic carbocycles. The van der Waals surface area contributed by atoms with E-state index in [1.54, 1.807) is 25.1 Å². The highest BCUT2D eigenvalue weighted by molar-refractivity contribution is 7.90. The van der Waals surface area contributed by atoms with Crippen LogP contribution < -0.4 is 0 Å². The molecule has 0 radical (unpaired) electrons. The van der Waals surface area contributed by atoms with E-state index in [-0.39, 0.29) is 17.2 Å². The number of halogens is 1. The molecule has 0 fully saturated rings. The Kier molecular flexibility index (Phi) is 5.09. The van der Waals surface area contributed by atoms with E-state index in [4.69, 9.17) is 4.74 Å². The molecule has 0 aliphatic carbocycles. The summed E-state index contributed by atoms with van der Waals surface area (Å²) < 4.78 is 43.0. The Labute approximate surface area is 156 Å². The Bertz CT molecular complexity index is 1070. The van der Waals surface area contributed by atoms with Gasteiger partial charge in [-0.25, -0.2) is 22.3 Å². The van der Waals surface area contributed by atoms with E-state index in [1.807, 2.05) is 0 Å². The van der Waals surface area contributed by atoms with Crippen LogP contribution in [0.4, 0.5) is 4.39 Å². The summed E-state index contributed by atoms with van der Waals surface area (Å²) in [6, 6.07) is 13.4. The molecule has 0 unspecified atom stereocenters. The number of aromatic nitrogens is 2. The smallest absolute Gasteiger partial charge is 0.358 e. The second-order valence-corrected chi connectivity index (χ2v) is 7.84. The molecule has 0 aliphatic heterocycles. The fraction of sp³-hybridized carbons (Fsp3) is 0.158. The minimum Gasteiger partial charge on any atom is -0.461 e. The van der Waals surface area contributed by atoms with Crippen molar-refractivity contribution in [3.8, 4) is 16.9 Å². The lowest BCUT2D eigenvalue weighted by molar-refractivity contribution is 0.0519. The van der Waals surface area contributed by atoms with Crippen LogP contribution in [-0.2, 0) is 14.6 Å². The van der Waals surface area contributed by atoms with Gasteiger partial charge in [-0.1, -0.05) is 12.1 Å². The fourth-order valence-electron chi connectivity index (χ4n) is 2.54. The van der Waals surface area contributed by atoms with Crippen molar-refractivity contribution in [1.29, 1.82) is 0 Å². The Morgan fingerprint density at radius 1 is 1.11 bits per heavy atom. The van der Waals surface area contributed by atoms with Gasteiger partial charge in [0.25, 0.3) is 0 Å². The molecule has 0 bridgehead atoms. The number of esters is 1. The summed E-state index contributed by atoms with van der Waals surface area (Å²) in [4.78, 5) is 12.3. The second-order valence-electron chi connectivity index (χ2n) is 5.82. The lowest BCUT2D eigenvalue weighted by Crippen LogP contribution is -2.06.